The minimum atomic E-state index is -0.137. The van der Waals surface area contributed by atoms with Crippen LogP contribution < -0.4 is 4.74 Å². The molecule has 1 atom stereocenters. The van der Waals surface area contributed by atoms with Crippen LogP contribution >= 0.6 is 11.6 Å². The van der Waals surface area contributed by atoms with Gasteiger partial charge in [0, 0.05) is 10.7 Å². The lowest BCUT2D eigenvalue weighted by Crippen LogP contribution is -2.32. The van der Waals surface area contributed by atoms with Crippen LogP contribution in [0.5, 0.6) is 5.75 Å². The second kappa shape index (κ2) is 5.40. The van der Waals surface area contributed by atoms with Crippen LogP contribution in [-0.2, 0) is 4.79 Å². The van der Waals surface area contributed by atoms with Gasteiger partial charge in [-0.25, -0.2) is 5.01 Å². The first-order chi connectivity index (χ1) is 8.54. The van der Waals surface area contributed by atoms with E-state index in [0.29, 0.717) is 23.7 Å². The predicted octanol–water partition coefficient (Wildman–Crippen LogP) is 2.72. The average molecular weight is 267 g/mol. The average Bonchev–Trinajstić information content (AvgIpc) is 2.57. The Balaban J connectivity index is 1.93. The van der Waals surface area contributed by atoms with Gasteiger partial charge in [-0.2, -0.15) is 5.10 Å². The molecule has 1 unspecified atom stereocenters. The van der Waals surface area contributed by atoms with E-state index in [4.69, 9.17) is 16.3 Å². The van der Waals surface area contributed by atoms with Gasteiger partial charge in [0.1, 0.15) is 11.9 Å². The zero-order chi connectivity index (χ0) is 13.1. The molecule has 0 radical (unpaired) electrons. The van der Waals surface area contributed by atoms with E-state index in [9.17, 15) is 4.79 Å². The molecule has 2 rings (SSSR count). The Morgan fingerprint density at radius 2 is 2.33 bits per heavy atom. The number of carbonyl (C=O) groups excluding carboxylic acids is 1. The smallest absolute Gasteiger partial charge is 0.248 e. The normalized spacial score (nSPS) is 16.7. The van der Waals surface area contributed by atoms with Crippen molar-refractivity contribution < 1.29 is 9.53 Å². The fraction of sp³-hybridized carbons (Fsp3) is 0.385. The van der Waals surface area contributed by atoms with Gasteiger partial charge in [-0.3, -0.25) is 4.79 Å². The molecule has 0 bridgehead atoms. The molecule has 1 aromatic rings. The quantitative estimate of drug-likeness (QED) is 0.841. The number of hydrazone groups is 1. The van der Waals surface area contributed by atoms with Crippen molar-refractivity contribution in [3.63, 3.8) is 0 Å². The van der Waals surface area contributed by atoms with Gasteiger partial charge in [-0.15, -0.1) is 0 Å². The maximum atomic E-state index is 11.6. The van der Waals surface area contributed by atoms with E-state index < -0.39 is 0 Å². The zero-order valence-corrected chi connectivity index (χ0v) is 11.1. The third kappa shape index (κ3) is 3.23. The maximum absolute atomic E-state index is 11.6. The van der Waals surface area contributed by atoms with E-state index in [-0.39, 0.29) is 12.0 Å². The summed E-state index contributed by atoms with van der Waals surface area (Å²) in [6, 6.07) is 7.20. The summed E-state index contributed by atoms with van der Waals surface area (Å²) < 4.78 is 5.69. The van der Waals surface area contributed by atoms with Crippen molar-refractivity contribution in [2.24, 2.45) is 5.10 Å². The van der Waals surface area contributed by atoms with Crippen LogP contribution in [0.15, 0.2) is 29.4 Å². The van der Waals surface area contributed by atoms with Crippen molar-refractivity contribution in [3.05, 3.63) is 29.3 Å². The molecule has 1 amide bonds. The Bertz CT molecular complexity index is 488. The Labute approximate surface area is 111 Å². The largest absolute Gasteiger partial charge is 0.489 e. The van der Waals surface area contributed by atoms with Crippen LogP contribution in [0.3, 0.4) is 0 Å². The van der Waals surface area contributed by atoms with Gasteiger partial charge in [0.25, 0.3) is 0 Å². The van der Waals surface area contributed by atoms with Crippen LogP contribution in [0.4, 0.5) is 0 Å². The van der Waals surface area contributed by atoms with Crippen molar-refractivity contribution in [2.45, 2.75) is 26.4 Å². The highest BCUT2D eigenvalue weighted by atomic mass is 35.5. The number of rotatable bonds is 4. The van der Waals surface area contributed by atoms with E-state index in [1.807, 2.05) is 26.0 Å². The molecule has 4 nitrogen and oxygen atoms in total. The number of hydrogen-bond donors (Lipinski definition) is 0. The first-order valence-corrected chi connectivity index (χ1v) is 6.19. The van der Waals surface area contributed by atoms with Crippen LogP contribution in [0.25, 0.3) is 0 Å². The van der Waals surface area contributed by atoms with Crippen molar-refractivity contribution in [3.8, 4) is 5.75 Å². The third-order valence-electron chi connectivity index (χ3n) is 2.55. The lowest BCUT2D eigenvalue weighted by atomic mass is 10.3. The summed E-state index contributed by atoms with van der Waals surface area (Å²) in [5.74, 6) is 0.719. The molecule has 0 saturated heterocycles. The molecule has 1 aliphatic heterocycles. The molecule has 0 N–H and O–H groups in total. The first-order valence-electron chi connectivity index (χ1n) is 5.81. The SMILES string of the molecule is CC1=NN(CC(C)Oc2cccc(Cl)c2)C(=O)C1. The zero-order valence-electron chi connectivity index (χ0n) is 10.4. The number of benzene rings is 1. The second-order valence-electron chi connectivity index (χ2n) is 4.37. The molecular weight excluding hydrogens is 252 g/mol. The highest BCUT2D eigenvalue weighted by molar-refractivity contribution is 6.30. The maximum Gasteiger partial charge on any atom is 0.248 e. The summed E-state index contributed by atoms with van der Waals surface area (Å²) in [5.41, 5.74) is 0.843. The lowest BCUT2D eigenvalue weighted by Gasteiger charge is -2.19. The number of carbonyl (C=O) groups is 1. The van der Waals surface area contributed by atoms with Gasteiger partial charge in [-0.1, -0.05) is 17.7 Å². The highest BCUT2D eigenvalue weighted by Gasteiger charge is 2.23. The van der Waals surface area contributed by atoms with Crippen LogP contribution in [-0.4, -0.2) is 29.3 Å². The Morgan fingerprint density at radius 1 is 1.56 bits per heavy atom. The summed E-state index contributed by atoms with van der Waals surface area (Å²) >= 11 is 5.87. The molecule has 5 heteroatoms. The molecule has 0 aliphatic carbocycles. The van der Waals surface area contributed by atoms with Crippen molar-refractivity contribution >= 4 is 23.2 Å². The fourth-order valence-corrected chi connectivity index (χ4v) is 1.98. The molecule has 0 spiro atoms. The lowest BCUT2D eigenvalue weighted by molar-refractivity contribution is -0.129. The van der Waals surface area contributed by atoms with E-state index in [1.54, 1.807) is 12.1 Å². The fourth-order valence-electron chi connectivity index (χ4n) is 1.80. The van der Waals surface area contributed by atoms with Crippen LogP contribution in [0.2, 0.25) is 5.02 Å². The van der Waals surface area contributed by atoms with Gasteiger partial charge in [0.05, 0.1) is 13.0 Å². The van der Waals surface area contributed by atoms with E-state index in [1.165, 1.54) is 5.01 Å². The molecule has 1 aliphatic rings. The molecular formula is C13H15ClN2O2. The van der Waals surface area contributed by atoms with E-state index >= 15 is 0 Å². The van der Waals surface area contributed by atoms with Gasteiger partial charge in [0.15, 0.2) is 0 Å². The van der Waals surface area contributed by atoms with Gasteiger partial charge in [-0.05, 0) is 32.0 Å². The van der Waals surface area contributed by atoms with Gasteiger partial charge < -0.3 is 4.74 Å². The second-order valence-corrected chi connectivity index (χ2v) is 4.81. The molecule has 96 valence electrons. The van der Waals surface area contributed by atoms with E-state index in [0.717, 1.165) is 5.71 Å². The van der Waals surface area contributed by atoms with Crippen LogP contribution in [0, 0.1) is 0 Å². The molecule has 0 fully saturated rings. The van der Waals surface area contributed by atoms with Gasteiger partial charge >= 0.3 is 0 Å². The summed E-state index contributed by atoms with van der Waals surface area (Å²) in [4.78, 5) is 11.6. The number of amides is 1. The van der Waals surface area contributed by atoms with Crippen molar-refractivity contribution in [2.75, 3.05) is 6.54 Å². The molecule has 18 heavy (non-hydrogen) atoms. The molecule has 0 saturated carbocycles. The summed E-state index contributed by atoms with van der Waals surface area (Å²) in [6.45, 7) is 4.19. The Kier molecular flexibility index (Phi) is 3.87. The third-order valence-corrected chi connectivity index (χ3v) is 2.78. The molecule has 1 aromatic carbocycles. The number of halogens is 1. The van der Waals surface area contributed by atoms with Crippen LogP contribution in [0.1, 0.15) is 20.3 Å². The topological polar surface area (TPSA) is 41.9 Å². The Hall–Kier alpha value is -1.55. The van der Waals surface area contributed by atoms with Gasteiger partial charge in [0.2, 0.25) is 5.91 Å². The standard InChI is InChI=1S/C13H15ClN2O2/c1-9-6-13(17)16(15-9)8-10(2)18-12-5-3-4-11(14)7-12/h3-5,7,10H,6,8H2,1-2H3. The van der Waals surface area contributed by atoms with Crippen molar-refractivity contribution in [1.82, 2.24) is 5.01 Å². The number of ether oxygens (including phenoxy) is 1. The summed E-state index contributed by atoms with van der Waals surface area (Å²) in [7, 11) is 0. The molecule has 0 aromatic heterocycles. The monoisotopic (exact) mass is 266 g/mol. The molecule has 1 heterocycles. The predicted molar refractivity (Wildman–Crippen MR) is 71.0 cm³/mol. The van der Waals surface area contributed by atoms with E-state index in [2.05, 4.69) is 5.10 Å². The first kappa shape index (κ1) is 12.9. The summed E-state index contributed by atoms with van der Waals surface area (Å²) in [5, 5.41) is 6.26. The number of nitrogens with zero attached hydrogens (tertiary/aromatic N) is 2. The number of hydrogen-bond acceptors (Lipinski definition) is 3. The van der Waals surface area contributed by atoms with Crippen molar-refractivity contribution in [1.29, 1.82) is 0 Å². The highest BCUT2D eigenvalue weighted by Crippen LogP contribution is 2.19. The minimum absolute atomic E-state index is 0.0223. The minimum Gasteiger partial charge on any atom is -0.489 e. The Morgan fingerprint density at radius 3 is 2.94 bits per heavy atom. The summed E-state index contributed by atoms with van der Waals surface area (Å²) in [6.07, 6.45) is 0.270.